The third-order valence-electron chi connectivity index (χ3n) is 0.488. The summed E-state index contributed by atoms with van der Waals surface area (Å²) < 4.78 is 10.2. The molecule has 0 saturated carbocycles. The third-order valence-corrected chi connectivity index (χ3v) is 2.90. The molecule has 0 aromatic carbocycles. The smallest absolute Gasteiger partial charge is 0.127 e. The van der Waals surface area contributed by atoms with Crippen LogP contribution in [-0.2, 0) is 10.2 Å². The highest BCUT2D eigenvalue weighted by molar-refractivity contribution is 8.73. The molecule has 0 N–H and O–H groups in total. The van der Waals surface area contributed by atoms with Crippen molar-refractivity contribution >= 4 is 21.0 Å². The second-order valence-corrected chi connectivity index (χ2v) is 3.97. The van der Waals surface area contributed by atoms with Crippen molar-refractivity contribution in [3.63, 3.8) is 0 Å². The molecule has 0 bridgehead atoms. The molecule has 0 saturated heterocycles. The van der Waals surface area contributed by atoms with Crippen LogP contribution in [0.1, 0.15) is 0 Å². The molecule has 1 heterocycles. The molecule has 34 valence electrons. The van der Waals surface area contributed by atoms with Crippen LogP contribution in [-0.4, -0.2) is 10.3 Å². The first-order chi connectivity index (χ1) is 2.89. The zero-order chi connectivity index (χ0) is 4.41. The largest absolute Gasteiger partial charge is 0.601 e. The second kappa shape index (κ2) is 1.91. The van der Waals surface area contributed by atoms with E-state index in [2.05, 4.69) is 0 Å². The quantitative estimate of drug-likeness (QED) is 0.350. The Morgan fingerprint density at radius 2 is 2.67 bits per heavy atom. The van der Waals surface area contributed by atoms with Crippen LogP contribution in [0.3, 0.4) is 0 Å². The summed E-state index contributed by atoms with van der Waals surface area (Å²) in [5.41, 5.74) is 0. The predicted molar refractivity (Wildman–Crippen MR) is 29.7 cm³/mol. The van der Waals surface area contributed by atoms with E-state index in [1.54, 1.807) is 5.41 Å². The van der Waals surface area contributed by atoms with Crippen LogP contribution in [0, 0.1) is 0 Å². The van der Waals surface area contributed by atoms with Gasteiger partial charge >= 0.3 is 0 Å². The highest BCUT2D eigenvalue weighted by atomic mass is 33.1. The van der Waals surface area contributed by atoms with Crippen molar-refractivity contribution in [3.05, 3.63) is 11.5 Å². The first kappa shape index (κ1) is 4.56. The van der Waals surface area contributed by atoms with Crippen molar-refractivity contribution in [2.75, 3.05) is 5.75 Å². The molecule has 0 spiro atoms. The van der Waals surface area contributed by atoms with Crippen molar-refractivity contribution in [2.24, 2.45) is 0 Å². The lowest BCUT2D eigenvalue weighted by molar-refractivity contribution is 0.617. The van der Waals surface area contributed by atoms with E-state index in [1.165, 1.54) is 10.8 Å². The first-order valence-corrected chi connectivity index (χ1v) is 4.31. The summed E-state index contributed by atoms with van der Waals surface area (Å²) >= 11 is 0. The first-order valence-electron chi connectivity index (χ1n) is 1.60. The van der Waals surface area contributed by atoms with Crippen LogP contribution >= 0.6 is 10.8 Å². The Labute approximate surface area is 43.4 Å². The Morgan fingerprint density at radius 1 is 1.83 bits per heavy atom. The van der Waals surface area contributed by atoms with Gasteiger partial charge in [0.25, 0.3) is 0 Å². The molecule has 0 fully saturated rings. The van der Waals surface area contributed by atoms with Crippen LogP contribution in [0.4, 0.5) is 0 Å². The highest BCUT2D eigenvalue weighted by Gasteiger charge is 2.06. The van der Waals surface area contributed by atoms with Crippen molar-refractivity contribution in [3.8, 4) is 0 Å². The van der Waals surface area contributed by atoms with Crippen LogP contribution < -0.4 is 0 Å². The number of rotatable bonds is 0. The topological polar surface area (TPSA) is 23.1 Å². The van der Waals surface area contributed by atoms with Crippen LogP contribution in [0.2, 0.25) is 0 Å². The maximum atomic E-state index is 10.2. The van der Waals surface area contributed by atoms with Gasteiger partial charge in [0, 0.05) is 0 Å². The average Bonchev–Trinajstić information content (AvgIpc) is 1.86. The minimum atomic E-state index is -0.687. The van der Waals surface area contributed by atoms with Crippen molar-refractivity contribution < 1.29 is 4.55 Å². The highest BCUT2D eigenvalue weighted by Crippen LogP contribution is 2.20. The lowest BCUT2D eigenvalue weighted by Gasteiger charge is -1.89. The fourth-order valence-corrected chi connectivity index (χ4v) is 2.14. The third kappa shape index (κ3) is 0.929. The Hall–Kier alpha value is 0.400. The van der Waals surface area contributed by atoms with Crippen molar-refractivity contribution in [1.29, 1.82) is 0 Å². The molecule has 0 amide bonds. The second-order valence-electron chi connectivity index (χ2n) is 0.917. The standard InChI is InChI=1S/C3H4OS2/c4-6-3-1-2-5-6/h1,3H,2H2. The molecule has 1 rings (SSSR count). The SMILES string of the molecule is [O-][S+]1C=CCS1. The molecule has 3 heteroatoms. The lowest BCUT2D eigenvalue weighted by atomic mass is 10.8. The average molecular weight is 120 g/mol. The van der Waals surface area contributed by atoms with E-state index in [-0.39, 0.29) is 0 Å². The zero-order valence-electron chi connectivity index (χ0n) is 3.09. The van der Waals surface area contributed by atoms with Gasteiger partial charge in [-0.05, 0) is 6.08 Å². The maximum absolute atomic E-state index is 10.2. The van der Waals surface area contributed by atoms with Gasteiger partial charge in [-0.2, -0.15) is 0 Å². The summed E-state index contributed by atoms with van der Waals surface area (Å²) in [5, 5.41) is 1.71. The van der Waals surface area contributed by atoms with Gasteiger partial charge in [-0.25, -0.2) is 0 Å². The predicted octanol–water partition coefficient (Wildman–Crippen LogP) is 0.911. The molecule has 0 aromatic heterocycles. The molecule has 1 aliphatic rings. The molecular weight excluding hydrogens is 116 g/mol. The maximum Gasteiger partial charge on any atom is 0.127 e. The van der Waals surface area contributed by atoms with E-state index in [9.17, 15) is 4.55 Å². The van der Waals surface area contributed by atoms with E-state index in [0.717, 1.165) is 5.75 Å². The van der Waals surface area contributed by atoms with Gasteiger partial charge in [-0.15, -0.1) is 0 Å². The normalized spacial score (nSPS) is 31.8. The Balaban J connectivity index is 2.38. The number of hydrogen-bond acceptors (Lipinski definition) is 2. The van der Waals surface area contributed by atoms with Crippen LogP contribution in [0.15, 0.2) is 11.5 Å². The van der Waals surface area contributed by atoms with Gasteiger partial charge < -0.3 is 4.55 Å². The molecule has 1 nitrogen and oxygen atoms in total. The molecule has 1 unspecified atom stereocenters. The summed E-state index contributed by atoms with van der Waals surface area (Å²) in [7, 11) is 0.772. The molecule has 6 heavy (non-hydrogen) atoms. The van der Waals surface area contributed by atoms with Gasteiger partial charge in [0.15, 0.2) is 0 Å². The lowest BCUT2D eigenvalue weighted by Crippen LogP contribution is -1.77. The molecule has 1 aliphatic heterocycles. The van der Waals surface area contributed by atoms with E-state index >= 15 is 0 Å². The van der Waals surface area contributed by atoms with Crippen LogP contribution in [0.5, 0.6) is 0 Å². The Kier molecular flexibility index (Phi) is 1.45. The van der Waals surface area contributed by atoms with E-state index < -0.39 is 10.2 Å². The van der Waals surface area contributed by atoms with Gasteiger partial charge in [0.1, 0.15) is 5.41 Å². The molecule has 0 aliphatic carbocycles. The molecular formula is C3H4OS2. The van der Waals surface area contributed by atoms with Gasteiger partial charge in [-0.3, -0.25) is 0 Å². The summed E-state index contributed by atoms with van der Waals surface area (Å²) in [6.07, 6.45) is 1.92. The summed E-state index contributed by atoms with van der Waals surface area (Å²) in [5.74, 6) is 0.923. The van der Waals surface area contributed by atoms with Crippen molar-refractivity contribution in [2.45, 2.75) is 0 Å². The molecule has 1 atom stereocenters. The molecule has 0 aromatic rings. The van der Waals surface area contributed by atoms with E-state index in [4.69, 9.17) is 0 Å². The van der Waals surface area contributed by atoms with Gasteiger partial charge in [-0.1, -0.05) is 0 Å². The van der Waals surface area contributed by atoms with E-state index in [1.807, 2.05) is 6.08 Å². The zero-order valence-corrected chi connectivity index (χ0v) is 4.72. The van der Waals surface area contributed by atoms with Crippen molar-refractivity contribution in [1.82, 2.24) is 0 Å². The van der Waals surface area contributed by atoms with E-state index in [0.29, 0.717) is 0 Å². The van der Waals surface area contributed by atoms with Gasteiger partial charge in [0.2, 0.25) is 0 Å². The summed E-state index contributed by atoms with van der Waals surface area (Å²) in [6.45, 7) is 0. The minimum absolute atomic E-state index is 0.687. The monoisotopic (exact) mass is 120 g/mol. The van der Waals surface area contributed by atoms with Crippen LogP contribution in [0.25, 0.3) is 0 Å². The number of hydrogen-bond donors (Lipinski definition) is 0. The molecule has 0 radical (unpaired) electrons. The Bertz CT molecular complexity index is 71.2. The summed E-state index contributed by atoms with van der Waals surface area (Å²) in [6, 6.07) is 0. The summed E-state index contributed by atoms with van der Waals surface area (Å²) in [4.78, 5) is 0. The fourth-order valence-electron chi connectivity index (χ4n) is 0.263. The minimum Gasteiger partial charge on any atom is -0.601 e. The van der Waals surface area contributed by atoms with Gasteiger partial charge in [0.05, 0.1) is 26.8 Å². The Morgan fingerprint density at radius 3 is 2.83 bits per heavy atom. The fraction of sp³-hybridized carbons (Fsp3) is 0.333.